The van der Waals surface area contributed by atoms with E-state index in [4.69, 9.17) is 4.74 Å². The van der Waals surface area contributed by atoms with Gasteiger partial charge in [-0.15, -0.1) is 0 Å². The number of likely N-dealkylation sites (tertiary alicyclic amines) is 1. The molecule has 4 heteroatoms. The highest BCUT2D eigenvalue weighted by molar-refractivity contribution is 5.23. The first-order chi connectivity index (χ1) is 11.5. The Morgan fingerprint density at radius 1 is 1.16 bits per heavy atom. The van der Waals surface area contributed by atoms with Crippen LogP contribution in [0.1, 0.15) is 51.7 Å². The summed E-state index contributed by atoms with van der Waals surface area (Å²) in [6.45, 7) is 11.0. The molecule has 0 aromatic heterocycles. The van der Waals surface area contributed by atoms with E-state index in [1.54, 1.807) is 7.11 Å². The van der Waals surface area contributed by atoms with E-state index in [1.807, 2.05) is 13.8 Å². The molecule has 2 rings (SSSR count). The van der Waals surface area contributed by atoms with Crippen LogP contribution in [0.25, 0.3) is 0 Å². The van der Waals surface area contributed by atoms with Gasteiger partial charge in [0.15, 0.2) is 0 Å². The Kier molecular flexibility index (Phi) is 6.31. The standard InChI is InChI=1S/C21H35NO3/c1-19(2)15-22(13-12-21(19,24)16-25-5)14-18-8-6-17(7-9-18)10-11-20(3,4)23/h6-9,23-24H,10-16H2,1-5H3/t21-/m1/s1. The lowest BCUT2D eigenvalue weighted by molar-refractivity contribution is -0.151. The number of methoxy groups -OCH3 is 1. The quantitative estimate of drug-likeness (QED) is 0.794. The van der Waals surface area contributed by atoms with E-state index in [-0.39, 0.29) is 5.41 Å². The van der Waals surface area contributed by atoms with Crippen molar-refractivity contribution < 1.29 is 14.9 Å². The van der Waals surface area contributed by atoms with Crippen LogP contribution in [-0.4, -0.2) is 53.1 Å². The van der Waals surface area contributed by atoms with Gasteiger partial charge in [0.25, 0.3) is 0 Å². The van der Waals surface area contributed by atoms with Gasteiger partial charge in [0.05, 0.1) is 17.8 Å². The Hall–Kier alpha value is -0.940. The Morgan fingerprint density at radius 2 is 1.76 bits per heavy atom. The number of ether oxygens (including phenoxy) is 1. The summed E-state index contributed by atoms with van der Waals surface area (Å²) in [5.41, 5.74) is 0.990. The third-order valence-electron chi connectivity index (χ3n) is 5.56. The molecule has 1 fully saturated rings. The molecule has 142 valence electrons. The maximum Gasteiger partial charge on any atom is 0.0954 e. The van der Waals surface area contributed by atoms with Crippen LogP contribution in [0.2, 0.25) is 0 Å². The summed E-state index contributed by atoms with van der Waals surface area (Å²) in [6, 6.07) is 8.69. The largest absolute Gasteiger partial charge is 0.390 e. The number of aryl methyl sites for hydroxylation is 1. The molecule has 2 N–H and O–H groups in total. The van der Waals surface area contributed by atoms with Gasteiger partial charge in [-0.3, -0.25) is 4.90 Å². The van der Waals surface area contributed by atoms with Crippen molar-refractivity contribution in [2.45, 2.75) is 64.7 Å². The second kappa shape index (κ2) is 7.75. The molecule has 1 heterocycles. The molecule has 1 aliphatic rings. The number of piperidine rings is 1. The molecule has 0 unspecified atom stereocenters. The van der Waals surface area contributed by atoms with Crippen LogP contribution in [-0.2, 0) is 17.7 Å². The molecule has 25 heavy (non-hydrogen) atoms. The SMILES string of the molecule is COC[C@]1(O)CCN(Cc2ccc(CCC(C)(C)O)cc2)CC1(C)C. The van der Waals surface area contributed by atoms with E-state index in [0.29, 0.717) is 6.61 Å². The third kappa shape index (κ3) is 5.52. The minimum Gasteiger partial charge on any atom is -0.390 e. The average molecular weight is 350 g/mol. The molecule has 0 amide bonds. The predicted molar refractivity (Wildman–Crippen MR) is 102 cm³/mol. The van der Waals surface area contributed by atoms with Crippen molar-refractivity contribution in [3.63, 3.8) is 0 Å². The topological polar surface area (TPSA) is 52.9 Å². The minimum absolute atomic E-state index is 0.200. The van der Waals surface area contributed by atoms with Crippen molar-refractivity contribution in [1.82, 2.24) is 4.90 Å². The highest BCUT2D eigenvalue weighted by Gasteiger charge is 2.47. The van der Waals surface area contributed by atoms with Crippen LogP contribution in [0, 0.1) is 5.41 Å². The molecular formula is C21H35NO3. The summed E-state index contributed by atoms with van der Waals surface area (Å²) >= 11 is 0. The van der Waals surface area contributed by atoms with Crippen molar-refractivity contribution in [2.24, 2.45) is 5.41 Å². The lowest BCUT2D eigenvalue weighted by Crippen LogP contribution is -2.59. The molecule has 1 saturated heterocycles. The summed E-state index contributed by atoms with van der Waals surface area (Å²) < 4.78 is 5.25. The summed E-state index contributed by atoms with van der Waals surface area (Å²) in [4.78, 5) is 2.41. The first-order valence-corrected chi connectivity index (χ1v) is 9.29. The summed E-state index contributed by atoms with van der Waals surface area (Å²) in [5, 5.41) is 20.7. The predicted octanol–water partition coefficient (Wildman–Crippen LogP) is 3.00. The van der Waals surface area contributed by atoms with Gasteiger partial charge in [-0.1, -0.05) is 38.1 Å². The van der Waals surface area contributed by atoms with E-state index in [1.165, 1.54) is 11.1 Å². The normalized spacial score (nSPS) is 24.4. The summed E-state index contributed by atoms with van der Waals surface area (Å²) in [6.07, 6.45) is 2.40. The number of benzene rings is 1. The molecule has 4 nitrogen and oxygen atoms in total. The lowest BCUT2D eigenvalue weighted by atomic mass is 9.70. The van der Waals surface area contributed by atoms with Gasteiger partial charge in [-0.05, 0) is 44.2 Å². The highest BCUT2D eigenvalue weighted by Crippen LogP contribution is 2.39. The Labute approximate surface area is 152 Å². The van der Waals surface area contributed by atoms with E-state index < -0.39 is 11.2 Å². The van der Waals surface area contributed by atoms with Gasteiger partial charge in [0.2, 0.25) is 0 Å². The smallest absolute Gasteiger partial charge is 0.0954 e. The minimum atomic E-state index is -0.751. The molecule has 0 spiro atoms. The molecule has 0 bridgehead atoms. The van der Waals surface area contributed by atoms with E-state index in [2.05, 4.69) is 43.0 Å². The maximum atomic E-state index is 10.9. The third-order valence-corrected chi connectivity index (χ3v) is 5.56. The molecular weight excluding hydrogens is 314 g/mol. The number of hydrogen-bond acceptors (Lipinski definition) is 4. The van der Waals surface area contributed by atoms with Gasteiger partial charge >= 0.3 is 0 Å². The molecule has 1 aromatic carbocycles. The van der Waals surface area contributed by atoms with Crippen LogP contribution in [0.15, 0.2) is 24.3 Å². The summed E-state index contributed by atoms with van der Waals surface area (Å²) in [5.74, 6) is 0. The molecule has 0 saturated carbocycles. The fourth-order valence-electron chi connectivity index (χ4n) is 3.63. The van der Waals surface area contributed by atoms with Crippen molar-refractivity contribution in [3.05, 3.63) is 35.4 Å². The number of nitrogens with zero attached hydrogens (tertiary/aromatic N) is 1. The average Bonchev–Trinajstić information content (AvgIpc) is 2.50. The zero-order valence-electron chi connectivity index (χ0n) is 16.5. The highest BCUT2D eigenvalue weighted by atomic mass is 16.5. The van der Waals surface area contributed by atoms with Gasteiger partial charge in [-0.2, -0.15) is 0 Å². The molecule has 1 aliphatic heterocycles. The number of rotatable bonds is 7. The Bertz CT molecular complexity index is 547. The number of hydrogen-bond donors (Lipinski definition) is 2. The number of aliphatic hydroxyl groups is 2. The first kappa shape index (κ1) is 20.4. The molecule has 1 atom stereocenters. The summed E-state index contributed by atoms with van der Waals surface area (Å²) in [7, 11) is 1.65. The second-order valence-corrected chi connectivity index (χ2v) is 8.94. The van der Waals surface area contributed by atoms with E-state index in [0.717, 1.165) is 38.9 Å². The van der Waals surface area contributed by atoms with Gasteiger partial charge < -0.3 is 14.9 Å². The second-order valence-electron chi connectivity index (χ2n) is 8.94. The van der Waals surface area contributed by atoms with Crippen molar-refractivity contribution in [1.29, 1.82) is 0 Å². The monoisotopic (exact) mass is 349 g/mol. The zero-order valence-corrected chi connectivity index (χ0v) is 16.5. The van der Waals surface area contributed by atoms with Crippen molar-refractivity contribution in [3.8, 4) is 0 Å². The van der Waals surface area contributed by atoms with E-state index >= 15 is 0 Å². The maximum absolute atomic E-state index is 10.9. The van der Waals surface area contributed by atoms with Crippen LogP contribution >= 0.6 is 0 Å². The molecule has 0 radical (unpaired) electrons. The molecule has 0 aliphatic carbocycles. The van der Waals surface area contributed by atoms with Crippen molar-refractivity contribution in [2.75, 3.05) is 26.8 Å². The van der Waals surface area contributed by atoms with Crippen LogP contribution in [0.3, 0.4) is 0 Å². The Balaban J connectivity index is 1.93. The van der Waals surface area contributed by atoms with Gasteiger partial charge in [-0.25, -0.2) is 0 Å². The zero-order chi connectivity index (χ0) is 18.7. The van der Waals surface area contributed by atoms with Crippen molar-refractivity contribution >= 4 is 0 Å². The first-order valence-electron chi connectivity index (χ1n) is 9.29. The molecule has 1 aromatic rings. The Morgan fingerprint density at radius 3 is 2.28 bits per heavy atom. The lowest BCUT2D eigenvalue weighted by Gasteiger charge is -2.50. The van der Waals surface area contributed by atoms with Crippen LogP contribution in [0.5, 0.6) is 0 Å². The fourth-order valence-corrected chi connectivity index (χ4v) is 3.63. The fraction of sp³-hybridized carbons (Fsp3) is 0.714. The van der Waals surface area contributed by atoms with Gasteiger partial charge in [0, 0.05) is 32.2 Å². The van der Waals surface area contributed by atoms with Gasteiger partial charge in [0.1, 0.15) is 0 Å². The van der Waals surface area contributed by atoms with Crippen LogP contribution in [0.4, 0.5) is 0 Å². The van der Waals surface area contributed by atoms with Crippen LogP contribution < -0.4 is 0 Å². The van der Waals surface area contributed by atoms with E-state index in [9.17, 15) is 10.2 Å².